The summed E-state index contributed by atoms with van der Waals surface area (Å²) in [6.07, 6.45) is 1.58. The minimum absolute atomic E-state index is 0.429. The van der Waals surface area contributed by atoms with E-state index in [1.165, 1.54) is 0 Å². The Morgan fingerprint density at radius 3 is 2.88 bits per heavy atom. The first kappa shape index (κ1) is 10.5. The molecule has 0 radical (unpaired) electrons. The molecule has 1 aliphatic rings. The molecule has 0 N–H and O–H groups in total. The Balaban J connectivity index is 1.68. The molecule has 2 aromatic rings. The maximum atomic E-state index is 5.53. The molecule has 0 aliphatic carbocycles. The predicted octanol–water partition coefficient (Wildman–Crippen LogP) is 1.16. The van der Waals surface area contributed by atoms with Gasteiger partial charge in [-0.1, -0.05) is 0 Å². The highest BCUT2D eigenvalue weighted by Crippen LogP contribution is 2.18. The predicted molar refractivity (Wildman–Crippen MR) is 58.1 cm³/mol. The average Bonchev–Trinajstić information content (AvgIpc) is 3.00. The van der Waals surface area contributed by atoms with E-state index in [0.717, 1.165) is 26.3 Å². The van der Waals surface area contributed by atoms with Gasteiger partial charge in [0.25, 0.3) is 5.89 Å². The van der Waals surface area contributed by atoms with Crippen molar-refractivity contribution in [3.05, 3.63) is 24.3 Å². The van der Waals surface area contributed by atoms with Gasteiger partial charge < -0.3 is 13.6 Å². The van der Waals surface area contributed by atoms with Gasteiger partial charge in [-0.15, -0.1) is 10.2 Å². The molecular formula is C11H13N3O3. The van der Waals surface area contributed by atoms with Crippen LogP contribution in [-0.2, 0) is 11.3 Å². The van der Waals surface area contributed by atoms with Gasteiger partial charge in [0.2, 0.25) is 5.89 Å². The number of hydrogen-bond donors (Lipinski definition) is 0. The van der Waals surface area contributed by atoms with Crippen molar-refractivity contribution in [1.82, 2.24) is 15.1 Å². The van der Waals surface area contributed by atoms with Gasteiger partial charge in [-0.05, 0) is 12.1 Å². The van der Waals surface area contributed by atoms with Gasteiger partial charge in [-0.2, -0.15) is 0 Å². The molecule has 0 bridgehead atoms. The zero-order chi connectivity index (χ0) is 11.5. The Morgan fingerprint density at radius 2 is 2.12 bits per heavy atom. The van der Waals surface area contributed by atoms with Gasteiger partial charge in [-0.25, -0.2) is 0 Å². The summed E-state index contributed by atoms with van der Waals surface area (Å²) in [5.41, 5.74) is 0. The van der Waals surface area contributed by atoms with Gasteiger partial charge in [0.15, 0.2) is 5.76 Å². The molecule has 3 heterocycles. The Bertz CT molecular complexity index is 460. The molecule has 2 aromatic heterocycles. The molecule has 90 valence electrons. The molecule has 3 rings (SSSR count). The lowest BCUT2D eigenvalue weighted by molar-refractivity contribution is 0.0306. The van der Waals surface area contributed by atoms with Crippen LogP contribution in [0.1, 0.15) is 5.89 Å². The second-order valence-electron chi connectivity index (χ2n) is 3.87. The number of morpholine rings is 1. The highest BCUT2D eigenvalue weighted by molar-refractivity contribution is 5.42. The van der Waals surface area contributed by atoms with Gasteiger partial charge in [0.1, 0.15) is 0 Å². The normalized spacial score (nSPS) is 17.4. The molecule has 0 aromatic carbocycles. The largest absolute Gasteiger partial charge is 0.459 e. The third-order valence-corrected chi connectivity index (χ3v) is 2.66. The van der Waals surface area contributed by atoms with Crippen molar-refractivity contribution >= 4 is 0 Å². The summed E-state index contributed by atoms with van der Waals surface area (Å²) < 4.78 is 16.0. The van der Waals surface area contributed by atoms with E-state index in [4.69, 9.17) is 13.6 Å². The van der Waals surface area contributed by atoms with E-state index < -0.39 is 0 Å². The monoisotopic (exact) mass is 235 g/mol. The number of hydrogen-bond acceptors (Lipinski definition) is 6. The molecule has 0 spiro atoms. The minimum atomic E-state index is 0.429. The quantitative estimate of drug-likeness (QED) is 0.795. The van der Waals surface area contributed by atoms with Crippen molar-refractivity contribution in [2.45, 2.75) is 6.54 Å². The number of rotatable bonds is 3. The van der Waals surface area contributed by atoms with Crippen LogP contribution in [0.2, 0.25) is 0 Å². The SMILES string of the molecule is c1coc(-c2nnc(CN3CCOCC3)o2)c1. The summed E-state index contributed by atoms with van der Waals surface area (Å²) in [4.78, 5) is 2.23. The third kappa shape index (κ3) is 2.37. The molecule has 6 heteroatoms. The fourth-order valence-electron chi connectivity index (χ4n) is 1.77. The zero-order valence-electron chi connectivity index (χ0n) is 9.33. The van der Waals surface area contributed by atoms with Crippen molar-refractivity contribution in [2.75, 3.05) is 26.3 Å². The summed E-state index contributed by atoms with van der Waals surface area (Å²) in [6, 6.07) is 3.59. The fourth-order valence-corrected chi connectivity index (χ4v) is 1.77. The van der Waals surface area contributed by atoms with Crippen LogP contribution in [-0.4, -0.2) is 41.4 Å². The van der Waals surface area contributed by atoms with E-state index in [1.807, 2.05) is 0 Å². The Morgan fingerprint density at radius 1 is 1.24 bits per heavy atom. The van der Waals surface area contributed by atoms with Crippen molar-refractivity contribution < 1.29 is 13.6 Å². The van der Waals surface area contributed by atoms with Crippen molar-refractivity contribution in [3.63, 3.8) is 0 Å². The molecule has 17 heavy (non-hydrogen) atoms. The topological polar surface area (TPSA) is 64.5 Å². The minimum Gasteiger partial charge on any atom is -0.459 e. The lowest BCUT2D eigenvalue weighted by atomic mass is 10.4. The van der Waals surface area contributed by atoms with Gasteiger partial charge >= 0.3 is 0 Å². The Labute approximate surface area is 98.2 Å². The first-order valence-electron chi connectivity index (χ1n) is 5.58. The second-order valence-corrected chi connectivity index (χ2v) is 3.87. The molecule has 0 amide bonds. The van der Waals surface area contributed by atoms with Crippen LogP contribution in [0.25, 0.3) is 11.7 Å². The molecule has 1 saturated heterocycles. The molecule has 0 saturated carbocycles. The fraction of sp³-hybridized carbons (Fsp3) is 0.455. The van der Waals surface area contributed by atoms with Gasteiger partial charge in [0, 0.05) is 13.1 Å². The molecule has 1 aliphatic heterocycles. The first-order chi connectivity index (χ1) is 8.42. The van der Waals surface area contributed by atoms with E-state index in [2.05, 4.69) is 15.1 Å². The Hall–Kier alpha value is -1.66. The summed E-state index contributed by atoms with van der Waals surface area (Å²) in [5.74, 6) is 1.64. The van der Waals surface area contributed by atoms with E-state index in [0.29, 0.717) is 24.1 Å². The molecular weight excluding hydrogens is 222 g/mol. The summed E-state index contributed by atoms with van der Waals surface area (Å²) in [7, 11) is 0. The van der Waals surface area contributed by atoms with Crippen LogP contribution < -0.4 is 0 Å². The summed E-state index contributed by atoms with van der Waals surface area (Å²) in [5, 5.41) is 7.96. The molecule has 0 atom stereocenters. The maximum absolute atomic E-state index is 5.53. The van der Waals surface area contributed by atoms with E-state index in [1.54, 1.807) is 18.4 Å². The summed E-state index contributed by atoms with van der Waals surface area (Å²) in [6.45, 7) is 3.99. The lowest BCUT2D eigenvalue weighted by Crippen LogP contribution is -2.35. The number of ether oxygens (including phenoxy) is 1. The standard InChI is InChI=1S/C11H13N3O3/c1-2-9(16-5-1)11-13-12-10(17-11)8-14-3-6-15-7-4-14/h1-2,5H,3-4,6-8H2. The molecule has 1 fully saturated rings. The smallest absolute Gasteiger partial charge is 0.283 e. The van der Waals surface area contributed by atoms with Crippen LogP contribution in [0.5, 0.6) is 0 Å². The maximum Gasteiger partial charge on any atom is 0.283 e. The van der Waals surface area contributed by atoms with Gasteiger partial charge in [-0.3, -0.25) is 4.90 Å². The van der Waals surface area contributed by atoms with Gasteiger partial charge in [0.05, 0.1) is 26.0 Å². The highest BCUT2D eigenvalue weighted by Gasteiger charge is 2.16. The highest BCUT2D eigenvalue weighted by atomic mass is 16.5. The van der Waals surface area contributed by atoms with Crippen LogP contribution in [0.4, 0.5) is 0 Å². The van der Waals surface area contributed by atoms with Crippen molar-refractivity contribution in [1.29, 1.82) is 0 Å². The van der Waals surface area contributed by atoms with E-state index in [9.17, 15) is 0 Å². The van der Waals surface area contributed by atoms with E-state index in [-0.39, 0.29) is 0 Å². The van der Waals surface area contributed by atoms with Crippen LogP contribution in [0.3, 0.4) is 0 Å². The molecule has 0 unspecified atom stereocenters. The second kappa shape index (κ2) is 4.68. The first-order valence-corrected chi connectivity index (χ1v) is 5.58. The zero-order valence-corrected chi connectivity index (χ0v) is 9.33. The number of furan rings is 1. The summed E-state index contributed by atoms with van der Waals surface area (Å²) >= 11 is 0. The van der Waals surface area contributed by atoms with Crippen LogP contribution in [0, 0.1) is 0 Å². The lowest BCUT2D eigenvalue weighted by Gasteiger charge is -2.24. The number of aromatic nitrogens is 2. The van der Waals surface area contributed by atoms with Crippen molar-refractivity contribution in [3.8, 4) is 11.7 Å². The molecule has 6 nitrogen and oxygen atoms in total. The van der Waals surface area contributed by atoms with Crippen LogP contribution in [0.15, 0.2) is 27.2 Å². The number of nitrogens with zero attached hydrogens (tertiary/aromatic N) is 3. The Kier molecular flexibility index (Phi) is 2.89. The third-order valence-electron chi connectivity index (χ3n) is 2.66. The van der Waals surface area contributed by atoms with Crippen LogP contribution >= 0.6 is 0 Å². The van der Waals surface area contributed by atoms with Crippen molar-refractivity contribution in [2.24, 2.45) is 0 Å². The average molecular weight is 235 g/mol. The van der Waals surface area contributed by atoms with E-state index >= 15 is 0 Å².